The molecule has 3 rings (SSSR count). The number of aromatic hydroxyl groups is 1. The van der Waals surface area contributed by atoms with Crippen molar-refractivity contribution in [1.82, 2.24) is 10.2 Å². The summed E-state index contributed by atoms with van der Waals surface area (Å²) < 4.78 is 5.75. The third-order valence-electron chi connectivity index (χ3n) is 5.03. The Kier molecular flexibility index (Phi) is 6.35. The number of carbonyl (C=O) groups excluding carboxylic acids is 1. The molecule has 0 spiro atoms. The van der Waals surface area contributed by atoms with E-state index in [1.807, 2.05) is 56.6 Å². The maximum atomic E-state index is 12.4. The number of ether oxygens (including phenoxy) is 1. The monoisotopic (exact) mass is 368 g/mol. The lowest BCUT2D eigenvalue weighted by molar-refractivity contribution is 0.0831. The van der Waals surface area contributed by atoms with E-state index >= 15 is 0 Å². The van der Waals surface area contributed by atoms with Crippen molar-refractivity contribution in [3.63, 3.8) is 0 Å². The molecule has 1 saturated carbocycles. The fraction of sp³-hybridized carbons (Fsp3) is 0.409. The fourth-order valence-electron chi connectivity index (χ4n) is 3.18. The predicted molar refractivity (Wildman–Crippen MR) is 106 cm³/mol. The van der Waals surface area contributed by atoms with Gasteiger partial charge >= 0.3 is 6.09 Å². The minimum Gasteiger partial charge on any atom is -0.508 e. The Morgan fingerprint density at radius 2 is 1.81 bits per heavy atom. The molecule has 0 saturated heterocycles. The number of alkyl carbamates (subject to hydrolysis) is 1. The van der Waals surface area contributed by atoms with Gasteiger partial charge in [0.1, 0.15) is 11.9 Å². The Bertz CT molecular complexity index is 727. The third-order valence-corrected chi connectivity index (χ3v) is 5.03. The number of likely N-dealkylation sites (N-methyl/N-ethyl adjacent to an activating group) is 1. The highest BCUT2D eigenvalue weighted by Crippen LogP contribution is 2.43. The summed E-state index contributed by atoms with van der Waals surface area (Å²) in [7, 11) is 3.99. The lowest BCUT2D eigenvalue weighted by atomic mass is 10.0. The number of amides is 1. The van der Waals surface area contributed by atoms with Gasteiger partial charge in [-0.1, -0.05) is 42.5 Å². The highest BCUT2D eigenvalue weighted by atomic mass is 16.6. The quantitative estimate of drug-likeness (QED) is 0.745. The van der Waals surface area contributed by atoms with E-state index in [4.69, 9.17) is 4.74 Å². The summed E-state index contributed by atoms with van der Waals surface area (Å²) >= 11 is 0. The van der Waals surface area contributed by atoms with E-state index in [1.54, 1.807) is 12.1 Å². The fourth-order valence-corrected chi connectivity index (χ4v) is 3.18. The van der Waals surface area contributed by atoms with Gasteiger partial charge in [0.25, 0.3) is 0 Å². The number of hydrogen-bond acceptors (Lipinski definition) is 4. The first kappa shape index (κ1) is 19.2. The van der Waals surface area contributed by atoms with Crippen LogP contribution >= 0.6 is 0 Å². The van der Waals surface area contributed by atoms with Crippen molar-refractivity contribution in [2.75, 3.05) is 20.6 Å². The number of phenols is 1. The van der Waals surface area contributed by atoms with Crippen molar-refractivity contribution in [3.05, 3.63) is 65.7 Å². The summed E-state index contributed by atoms with van der Waals surface area (Å²) in [6.45, 7) is 0.499. The molecule has 27 heavy (non-hydrogen) atoms. The Morgan fingerprint density at radius 1 is 1.15 bits per heavy atom. The molecule has 5 heteroatoms. The molecule has 0 unspecified atom stereocenters. The number of nitrogens with zero attached hydrogens (tertiary/aromatic N) is 1. The number of benzene rings is 2. The normalized spacial score (nSPS) is 16.0. The number of phenolic OH excluding ortho intramolecular Hbond substituents is 1. The van der Waals surface area contributed by atoms with Crippen LogP contribution in [0.4, 0.5) is 4.79 Å². The molecule has 2 aromatic rings. The summed E-state index contributed by atoms with van der Waals surface area (Å²) in [4.78, 5) is 14.5. The van der Waals surface area contributed by atoms with Crippen LogP contribution in [0.2, 0.25) is 0 Å². The van der Waals surface area contributed by atoms with Crippen LogP contribution in [0.3, 0.4) is 0 Å². The zero-order valence-corrected chi connectivity index (χ0v) is 16.0. The Labute approximate surface area is 161 Å². The summed E-state index contributed by atoms with van der Waals surface area (Å²) in [6, 6.07) is 17.3. The Hall–Kier alpha value is -2.53. The van der Waals surface area contributed by atoms with Gasteiger partial charge in [0.2, 0.25) is 0 Å². The van der Waals surface area contributed by atoms with E-state index in [0.29, 0.717) is 12.5 Å². The van der Waals surface area contributed by atoms with Crippen LogP contribution in [-0.2, 0) is 11.2 Å². The average molecular weight is 368 g/mol. The molecule has 1 fully saturated rings. The average Bonchev–Trinajstić information content (AvgIpc) is 3.50. The molecular weight excluding hydrogens is 340 g/mol. The van der Waals surface area contributed by atoms with Crippen LogP contribution in [-0.4, -0.2) is 42.8 Å². The van der Waals surface area contributed by atoms with Gasteiger partial charge in [-0.05, 0) is 56.6 Å². The van der Waals surface area contributed by atoms with E-state index in [1.165, 1.54) is 0 Å². The van der Waals surface area contributed by atoms with Crippen molar-refractivity contribution in [3.8, 4) is 5.75 Å². The molecule has 1 amide bonds. The van der Waals surface area contributed by atoms with Gasteiger partial charge in [-0.2, -0.15) is 0 Å². The molecular formula is C22H28N2O3. The van der Waals surface area contributed by atoms with Gasteiger partial charge in [0, 0.05) is 18.5 Å². The van der Waals surface area contributed by atoms with Gasteiger partial charge in [-0.15, -0.1) is 0 Å². The number of carbonyl (C=O) groups is 1. The predicted octanol–water partition coefficient (Wildman–Crippen LogP) is 3.74. The van der Waals surface area contributed by atoms with Crippen molar-refractivity contribution in [2.24, 2.45) is 5.92 Å². The maximum absolute atomic E-state index is 12.4. The van der Waals surface area contributed by atoms with Crippen molar-refractivity contribution in [2.45, 2.75) is 31.4 Å². The third kappa shape index (κ3) is 5.73. The standard InChI is InChI=1S/C22H28N2O3/c1-24(2)19(14-16-8-12-20(25)13-9-16)15-23-22(26)27-21(18-10-11-18)17-6-4-3-5-7-17/h3-9,12-13,18-19,21,25H,10-11,14-15H2,1-2H3,(H,23,26)/t19-,21+/m0/s1. The van der Waals surface area contributed by atoms with Crippen LogP contribution in [0.15, 0.2) is 54.6 Å². The smallest absolute Gasteiger partial charge is 0.407 e. The van der Waals surface area contributed by atoms with Gasteiger partial charge in [0.15, 0.2) is 0 Å². The lowest BCUT2D eigenvalue weighted by Gasteiger charge is -2.25. The Morgan fingerprint density at radius 3 is 2.41 bits per heavy atom. The first-order valence-corrected chi connectivity index (χ1v) is 9.46. The van der Waals surface area contributed by atoms with E-state index < -0.39 is 0 Å². The molecule has 0 bridgehead atoms. The highest BCUT2D eigenvalue weighted by Gasteiger charge is 2.35. The maximum Gasteiger partial charge on any atom is 0.407 e. The molecule has 1 aliphatic carbocycles. The SMILES string of the molecule is CN(C)[C@H](CNC(=O)O[C@H](c1ccccc1)C1CC1)Cc1ccc(O)cc1. The molecule has 0 aromatic heterocycles. The topological polar surface area (TPSA) is 61.8 Å². The van der Waals surface area contributed by atoms with Crippen LogP contribution in [0.1, 0.15) is 30.1 Å². The van der Waals surface area contributed by atoms with E-state index in [-0.39, 0.29) is 24.0 Å². The van der Waals surface area contributed by atoms with Gasteiger partial charge in [-0.25, -0.2) is 4.79 Å². The van der Waals surface area contributed by atoms with Gasteiger partial charge in [0.05, 0.1) is 0 Å². The summed E-state index contributed by atoms with van der Waals surface area (Å²) in [5.41, 5.74) is 2.17. The first-order chi connectivity index (χ1) is 13.0. The van der Waals surface area contributed by atoms with Crippen LogP contribution in [0.25, 0.3) is 0 Å². The summed E-state index contributed by atoms with van der Waals surface area (Å²) in [6.07, 6.45) is 2.45. The summed E-state index contributed by atoms with van der Waals surface area (Å²) in [5.74, 6) is 0.689. The second-order valence-corrected chi connectivity index (χ2v) is 7.44. The van der Waals surface area contributed by atoms with Crippen LogP contribution < -0.4 is 5.32 Å². The first-order valence-electron chi connectivity index (χ1n) is 9.46. The molecule has 1 aliphatic rings. The van der Waals surface area contributed by atoms with E-state index in [0.717, 1.165) is 30.4 Å². The minimum absolute atomic E-state index is 0.137. The second-order valence-electron chi connectivity index (χ2n) is 7.44. The molecule has 2 N–H and O–H groups in total. The molecule has 0 aliphatic heterocycles. The summed E-state index contributed by atoms with van der Waals surface area (Å²) in [5, 5.41) is 12.3. The van der Waals surface area contributed by atoms with Gasteiger partial charge < -0.3 is 20.1 Å². The molecule has 5 nitrogen and oxygen atoms in total. The van der Waals surface area contributed by atoms with Crippen molar-refractivity contribution >= 4 is 6.09 Å². The minimum atomic E-state index is -0.367. The second kappa shape index (κ2) is 8.91. The highest BCUT2D eigenvalue weighted by molar-refractivity contribution is 5.67. The number of hydrogen-bond donors (Lipinski definition) is 2. The van der Waals surface area contributed by atoms with Crippen molar-refractivity contribution in [1.29, 1.82) is 0 Å². The van der Waals surface area contributed by atoms with E-state index in [2.05, 4.69) is 10.2 Å². The van der Waals surface area contributed by atoms with Crippen LogP contribution in [0, 0.1) is 5.92 Å². The number of nitrogens with one attached hydrogen (secondary N) is 1. The largest absolute Gasteiger partial charge is 0.508 e. The molecule has 144 valence electrons. The zero-order chi connectivity index (χ0) is 19.2. The Balaban J connectivity index is 1.54. The molecule has 0 heterocycles. The molecule has 0 radical (unpaired) electrons. The van der Waals surface area contributed by atoms with Crippen LogP contribution in [0.5, 0.6) is 5.75 Å². The molecule has 2 aromatic carbocycles. The van der Waals surface area contributed by atoms with Gasteiger partial charge in [-0.3, -0.25) is 0 Å². The lowest BCUT2D eigenvalue weighted by Crippen LogP contribution is -2.42. The molecule has 2 atom stereocenters. The van der Waals surface area contributed by atoms with E-state index in [9.17, 15) is 9.90 Å². The zero-order valence-electron chi connectivity index (χ0n) is 16.0. The van der Waals surface area contributed by atoms with Crippen molar-refractivity contribution < 1.29 is 14.6 Å². The number of rotatable bonds is 8.